The quantitative estimate of drug-likeness (QED) is 0.626. The van der Waals surface area contributed by atoms with Crippen molar-refractivity contribution in [2.75, 3.05) is 0 Å². The fourth-order valence-electron chi connectivity index (χ4n) is 1.33. The zero-order chi connectivity index (χ0) is 9.42. The zero-order valence-electron chi connectivity index (χ0n) is 7.04. The van der Waals surface area contributed by atoms with Crippen LogP contribution in [0.25, 0.3) is 10.9 Å². The summed E-state index contributed by atoms with van der Waals surface area (Å²) in [4.78, 5) is 11.5. The zero-order valence-corrected chi connectivity index (χ0v) is 7.80. The lowest BCUT2D eigenvalue weighted by atomic mass is 10.2. The first-order chi connectivity index (χ1) is 6.18. The Morgan fingerprint density at radius 2 is 2.23 bits per heavy atom. The van der Waals surface area contributed by atoms with E-state index in [0.29, 0.717) is 10.4 Å². The van der Waals surface area contributed by atoms with Gasteiger partial charge in [-0.3, -0.25) is 4.79 Å². The lowest BCUT2D eigenvalue weighted by molar-refractivity contribution is -0.729. The molecule has 13 heavy (non-hydrogen) atoms. The fraction of sp³-hybridized carbons (Fsp3) is 0.111. The number of hydrogen-bond donors (Lipinski definition) is 1. The summed E-state index contributed by atoms with van der Waals surface area (Å²) >= 11 is 5.89. The first-order valence-electron chi connectivity index (χ1n) is 3.85. The molecule has 0 aliphatic heterocycles. The number of hydrogen-bond acceptors (Lipinski definition) is 1. The molecule has 0 saturated heterocycles. The Kier molecular flexibility index (Phi) is 1.81. The van der Waals surface area contributed by atoms with Gasteiger partial charge in [0.25, 0.3) is 5.43 Å². The number of halogens is 1. The van der Waals surface area contributed by atoms with Gasteiger partial charge in [0.1, 0.15) is 5.52 Å². The van der Waals surface area contributed by atoms with E-state index in [-0.39, 0.29) is 5.43 Å². The Bertz CT molecular complexity index is 518. The standard InChI is InChI=1S/C9H7ClN2O/c1-12-5-8(13)9-6(10)3-2-4-7(9)11-12/h2-5H,1H3/p+1. The summed E-state index contributed by atoms with van der Waals surface area (Å²) in [6.07, 6.45) is 1.47. The molecule has 0 aliphatic rings. The normalized spacial score (nSPS) is 10.6. The molecule has 0 bridgehead atoms. The van der Waals surface area contributed by atoms with E-state index in [1.165, 1.54) is 6.20 Å². The molecule has 0 saturated carbocycles. The van der Waals surface area contributed by atoms with Crippen molar-refractivity contribution in [2.45, 2.75) is 0 Å². The minimum Gasteiger partial charge on any atom is -0.282 e. The van der Waals surface area contributed by atoms with E-state index < -0.39 is 0 Å². The highest BCUT2D eigenvalue weighted by molar-refractivity contribution is 6.35. The summed E-state index contributed by atoms with van der Waals surface area (Å²) in [6, 6.07) is 5.34. The lowest BCUT2D eigenvalue weighted by Gasteiger charge is -1.96. The van der Waals surface area contributed by atoms with E-state index in [4.69, 9.17) is 11.6 Å². The maximum absolute atomic E-state index is 11.5. The van der Waals surface area contributed by atoms with Crippen molar-refractivity contribution in [1.82, 2.24) is 5.10 Å². The van der Waals surface area contributed by atoms with Gasteiger partial charge in [-0.1, -0.05) is 17.7 Å². The smallest absolute Gasteiger partial charge is 0.255 e. The van der Waals surface area contributed by atoms with E-state index in [1.807, 2.05) is 6.07 Å². The maximum atomic E-state index is 11.5. The predicted octanol–water partition coefficient (Wildman–Crippen LogP) is 1.01. The molecule has 0 atom stereocenters. The Balaban J connectivity index is 3.03. The van der Waals surface area contributed by atoms with Gasteiger partial charge in [0, 0.05) is 0 Å². The van der Waals surface area contributed by atoms with Crippen LogP contribution < -0.4 is 10.1 Å². The van der Waals surface area contributed by atoms with Crippen molar-refractivity contribution < 1.29 is 4.68 Å². The lowest BCUT2D eigenvalue weighted by Crippen LogP contribution is -2.36. The van der Waals surface area contributed by atoms with Crippen LogP contribution in [0.1, 0.15) is 0 Å². The number of benzene rings is 1. The van der Waals surface area contributed by atoms with E-state index in [1.54, 1.807) is 23.9 Å². The summed E-state index contributed by atoms with van der Waals surface area (Å²) < 4.78 is 1.61. The molecule has 0 spiro atoms. The van der Waals surface area contributed by atoms with Gasteiger partial charge in [-0.2, -0.15) is 5.10 Å². The van der Waals surface area contributed by atoms with E-state index >= 15 is 0 Å². The van der Waals surface area contributed by atoms with Gasteiger partial charge in [-0.25, -0.2) is 0 Å². The van der Waals surface area contributed by atoms with Crippen molar-refractivity contribution >= 4 is 22.5 Å². The minimum absolute atomic E-state index is 0.0677. The largest absolute Gasteiger partial charge is 0.282 e. The Morgan fingerprint density at radius 3 is 3.00 bits per heavy atom. The predicted molar refractivity (Wildman–Crippen MR) is 50.8 cm³/mol. The van der Waals surface area contributed by atoms with E-state index in [0.717, 1.165) is 5.52 Å². The maximum Gasteiger partial charge on any atom is 0.255 e. The van der Waals surface area contributed by atoms with Crippen molar-refractivity contribution in [3.8, 4) is 0 Å². The Labute approximate surface area is 79.6 Å². The molecule has 2 rings (SSSR count). The average Bonchev–Trinajstić information content (AvgIpc) is 2.02. The number of fused-ring (bicyclic) bond motifs is 1. The molecular weight excluding hydrogens is 188 g/mol. The van der Waals surface area contributed by atoms with E-state index in [2.05, 4.69) is 5.10 Å². The number of aryl methyl sites for hydroxylation is 1. The SMILES string of the molecule is C[n+]1cc(=O)c2c(Cl)cccc2[nH]1. The highest BCUT2D eigenvalue weighted by atomic mass is 35.5. The second kappa shape index (κ2) is 2.85. The number of nitrogens with zero attached hydrogens (tertiary/aromatic N) is 1. The molecule has 2 aromatic rings. The molecule has 1 aromatic carbocycles. The van der Waals surface area contributed by atoms with Gasteiger partial charge < -0.3 is 0 Å². The molecule has 3 nitrogen and oxygen atoms in total. The minimum atomic E-state index is -0.0677. The second-order valence-electron chi connectivity index (χ2n) is 2.88. The molecule has 0 amide bonds. The summed E-state index contributed by atoms with van der Waals surface area (Å²) in [5.74, 6) is 0. The van der Waals surface area contributed by atoms with Crippen molar-refractivity contribution in [3.05, 3.63) is 39.6 Å². The van der Waals surface area contributed by atoms with E-state index in [9.17, 15) is 4.79 Å². The van der Waals surface area contributed by atoms with Crippen LogP contribution in [0.3, 0.4) is 0 Å². The van der Waals surface area contributed by atoms with Gasteiger partial charge in [-0.05, 0) is 12.1 Å². The molecule has 4 heteroatoms. The van der Waals surface area contributed by atoms with Gasteiger partial charge in [0.05, 0.1) is 10.4 Å². The topological polar surface area (TPSA) is 36.7 Å². The number of rotatable bonds is 0. The highest BCUT2D eigenvalue weighted by Crippen LogP contribution is 2.16. The van der Waals surface area contributed by atoms with Gasteiger partial charge in [0.2, 0.25) is 6.20 Å². The van der Waals surface area contributed by atoms with Crippen LogP contribution in [-0.4, -0.2) is 5.10 Å². The van der Waals surface area contributed by atoms with Crippen LogP contribution in [0.2, 0.25) is 5.02 Å². The first kappa shape index (κ1) is 8.26. The highest BCUT2D eigenvalue weighted by Gasteiger charge is 2.06. The molecule has 0 radical (unpaired) electrons. The van der Waals surface area contributed by atoms with Crippen molar-refractivity contribution in [2.24, 2.45) is 7.05 Å². The van der Waals surface area contributed by atoms with Crippen LogP contribution in [0.4, 0.5) is 0 Å². The second-order valence-corrected chi connectivity index (χ2v) is 3.29. The van der Waals surface area contributed by atoms with Gasteiger partial charge in [-0.15, -0.1) is 4.68 Å². The summed E-state index contributed by atoms with van der Waals surface area (Å²) in [5, 5.41) is 4.03. The summed E-state index contributed by atoms with van der Waals surface area (Å²) in [7, 11) is 1.77. The summed E-state index contributed by atoms with van der Waals surface area (Å²) in [6.45, 7) is 0. The molecule has 1 heterocycles. The number of nitrogens with one attached hydrogen (secondary N) is 1. The number of aromatic amines is 1. The van der Waals surface area contributed by atoms with Crippen molar-refractivity contribution in [1.29, 1.82) is 0 Å². The fourth-order valence-corrected chi connectivity index (χ4v) is 1.60. The summed E-state index contributed by atoms with van der Waals surface area (Å²) in [5.41, 5.74) is 0.685. The first-order valence-corrected chi connectivity index (χ1v) is 4.23. The number of aromatic nitrogens is 2. The van der Waals surface area contributed by atoms with Crippen LogP contribution in [0.15, 0.2) is 29.2 Å². The Morgan fingerprint density at radius 1 is 1.46 bits per heavy atom. The molecule has 0 fully saturated rings. The van der Waals surface area contributed by atoms with Crippen LogP contribution in [-0.2, 0) is 7.05 Å². The molecular formula is C9H8ClN2O+. The average molecular weight is 196 g/mol. The van der Waals surface area contributed by atoms with Crippen LogP contribution in [0.5, 0.6) is 0 Å². The van der Waals surface area contributed by atoms with Crippen LogP contribution in [0, 0.1) is 0 Å². The molecule has 1 N–H and O–H groups in total. The van der Waals surface area contributed by atoms with Gasteiger partial charge >= 0.3 is 0 Å². The molecule has 66 valence electrons. The number of H-pyrrole nitrogens is 1. The third kappa shape index (κ3) is 1.31. The monoisotopic (exact) mass is 195 g/mol. The van der Waals surface area contributed by atoms with Crippen molar-refractivity contribution in [3.63, 3.8) is 0 Å². The third-order valence-electron chi connectivity index (χ3n) is 1.87. The Hall–Kier alpha value is -1.35. The molecule has 1 aromatic heterocycles. The molecule has 0 aliphatic carbocycles. The van der Waals surface area contributed by atoms with Gasteiger partial charge in [0.15, 0.2) is 7.05 Å². The van der Waals surface area contributed by atoms with Crippen LogP contribution >= 0.6 is 11.6 Å². The third-order valence-corrected chi connectivity index (χ3v) is 2.18. The molecule has 0 unspecified atom stereocenters.